The fraction of sp³-hybridized carbons (Fsp3) is 0.360. The lowest BCUT2D eigenvalue weighted by Crippen LogP contribution is -2.30. The molecule has 0 atom stereocenters. The summed E-state index contributed by atoms with van der Waals surface area (Å²) in [4.78, 5) is 16.1. The Morgan fingerprint density at radius 3 is 2.39 bits per heavy atom. The Morgan fingerprint density at radius 2 is 1.82 bits per heavy atom. The van der Waals surface area contributed by atoms with Crippen LogP contribution in [0.2, 0.25) is 0 Å². The second-order valence-corrected chi connectivity index (χ2v) is 8.64. The first-order valence-electron chi connectivity index (χ1n) is 11.1. The van der Waals surface area contributed by atoms with Crippen molar-refractivity contribution in [3.63, 3.8) is 0 Å². The molecule has 0 bridgehead atoms. The van der Waals surface area contributed by atoms with Crippen LogP contribution in [-0.2, 0) is 0 Å². The molecule has 8 nitrogen and oxygen atoms in total. The fourth-order valence-electron chi connectivity index (χ4n) is 4.63. The fourth-order valence-corrected chi connectivity index (χ4v) is 4.63. The quantitative estimate of drug-likeness (QED) is 0.416. The minimum Gasteiger partial charge on any atom is -0.506 e. The smallest absolute Gasteiger partial charge is 0.302 e. The van der Waals surface area contributed by atoms with Gasteiger partial charge in [-0.15, -0.1) is 0 Å². The number of phenols is 1. The molecule has 1 aliphatic rings. The van der Waals surface area contributed by atoms with Gasteiger partial charge in [0.05, 0.1) is 22.9 Å². The average molecular weight is 451 g/mol. The Bertz CT molecular complexity index is 1210. The molecule has 4 rings (SSSR count). The Balaban J connectivity index is 2.16. The highest BCUT2D eigenvalue weighted by molar-refractivity contribution is 6.06. The van der Waals surface area contributed by atoms with Crippen molar-refractivity contribution in [3.8, 4) is 17.2 Å². The zero-order valence-corrected chi connectivity index (χ0v) is 19.5. The standard InChI is InChI=1S/C25H30N4O4/c1-17-16-21(30)24(27-13-6-5-7-14-27)25-22(17)23(29(31)32)20(12-15-26(2)3)28(25)18-8-10-19(33-4)11-9-18/h8-12,15-16,30H,5-7,13-14H2,1-4H3. The van der Waals surface area contributed by atoms with Crippen LogP contribution in [0.4, 0.5) is 11.4 Å². The molecule has 0 saturated carbocycles. The van der Waals surface area contributed by atoms with Crippen LogP contribution >= 0.6 is 0 Å². The molecule has 0 radical (unpaired) electrons. The van der Waals surface area contributed by atoms with E-state index in [2.05, 4.69) is 4.90 Å². The highest BCUT2D eigenvalue weighted by Gasteiger charge is 2.32. The molecule has 1 saturated heterocycles. The predicted molar refractivity (Wildman–Crippen MR) is 132 cm³/mol. The van der Waals surface area contributed by atoms with Crippen molar-refractivity contribution < 1.29 is 14.8 Å². The average Bonchev–Trinajstić information content (AvgIpc) is 3.14. The first kappa shape index (κ1) is 22.5. The third-order valence-electron chi connectivity index (χ3n) is 6.11. The largest absolute Gasteiger partial charge is 0.506 e. The van der Waals surface area contributed by atoms with E-state index < -0.39 is 0 Å². The normalized spacial score (nSPS) is 14.2. The molecule has 0 amide bonds. The van der Waals surface area contributed by atoms with E-state index in [-0.39, 0.29) is 16.4 Å². The van der Waals surface area contributed by atoms with Crippen molar-refractivity contribution in [3.05, 3.63) is 57.9 Å². The topological polar surface area (TPSA) is 84.0 Å². The first-order chi connectivity index (χ1) is 15.8. The summed E-state index contributed by atoms with van der Waals surface area (Å²) in [6.45, 7) is 3.42. The Kier molecular flexibility index (Phi) is 6.18. The van der Waals surface area contributed by atoms with Crippen molar-refractivity contribution in [1.82, 2.24) is 9.47 Å². The van der Waals surface area contributed by atoms with E-state index >= 15 is 0 Å². The lowest BCUT2D eigenvalue weighted by molar-refractivity contribution is -0.383. The summed E-state index contributed by atoms with van der Waals surface area (Å²) in [5.41, 5.74) is 3.23. The van der Waals surface area contributed by atoms with E-state index in [1.807, 2.05) is 54.8 Å². The van der Waals surface area contributed by atoms with Gasteiger partial charge in [0, 0.05) is 39.1 Å². The van der Waals surface area contributed by atoms with Crippen LogP contribution in [0.3, 0.4) is 0 Å². The minimum atomic E-state index is -0.318. The van der Waals surface area contributed by atoms with Gasteiger partial charge < -0.3 is 24.2 Å². The van der Waals surface area contributed by atoms with Gasteiger partial charge in [-0.3, -0.25) is 10.1 Å². The van der Waals surface area contributed by atoms with Gasteiger partial charge >= 0.3 is 5.69 Å². The van der Waals surface area contributed by atoms with E-state index in [4.69, 9.17) is 4.74 Å². The maximum atomic E-state index is 12.4. The monoisotopic (exact) mass is 450 g/mol. The Hall–Kier alpha value is -3.68. The van der Waals surface area contributed by atoms with Crippen molar-refractivity contribution in [2.24, 2.45) is 0 Å². The number of piperidine rings is 1. The van der Waals surface area contributed by atoms with Crippen LogP contribution < -0.4 is 9.64 Å². The molecule has 1 N–H and O–H groups in total. The summed E-state index contributed by atoms with van der Waals surface area (Å²) in [6.07, 6.45) is 6.75. The van der Waals surface area contributed by atoms with Gasteiger partial charge in [0.25, 0.3) is 0 Å². The van der Waals surface area contributed by atoms with E-state index in [1.165, 1.54) is 0 Å². The van der Waals surface area contributed by atoms with Crippen LogP contribution in [0.15, 0.2) is 36.5 Å². The number of benzene rings is 2. The van der Waals surface area contributed by atoms with Crippen LogP contribution in [-0.4, -0.2) is 53.8 Å². The van der Waals surface area contributed by atoms with E-state index in [9.17, 15) is 15.2 Å². The number of fused-ring (bicyclic) bond motifs is 1. The SMILES string of the molecule is COc1ccc(-n2c(C=CN(C)C)c([N+](=O)[O-])c3c(C)cc(O)c(N4CCCCC4)c32)cc1. The molecule has 8 heteroatoms. The van der Waals surface area contributed by atoms with Crippen LogP contribution in [0.25, 0.3) is 22.7 Å². The van der Waals surface area contributed by atoms with Crippen molar-refractivity contribution >= 4 is 28.4 Å². The number of aryl methyl sites for hydroxylation is 1. The number of nitro groups is 1. The minimum absolute atomic E-state index is 0.0367. The van der Waals surface area contributed by atoms with Gasteiger partial charge in [0.15, 0.2) is 0 Å². The van der Waals surface area contributed by atoms with Gasteiger partial charge in [-0.1, -0.05) is 0 Å². The summed E-state index contributed by atoms with van der Waals surface area (Å²) in [6, 6.07) is 9.09. The Morgan fingerprint density at radius 1 is 1.15 bits per heavy atom. The third-order valence-corrected chi connectivity index (χ3v) is 6.11. The summed E-state index contributed by atoms with van der Waals surface area (Å²) in [5, 5.41) is 24.0. The van der Waals surface area contributed by atoms with Gasteiger partial charge in [-0.25, -0.2) is 0 Å². The lowest BCUT2D eigenvalue weighted by atomic mass is 10.0. The molecule has 1 aromatic heterocycles. The molecule has 3 aromatic rings. The maximum absolute atomic E-state index is 12.4. The number of nitrogens with zero attached hydrogens (tertiary/aromatic N) is 4. The number of methoxy groups -OCH3 is 1. The molecule has 2 aromatic carbocycles. The number of rotatable bonds is 6. The number of hydrogen-bond donors (Lipinski definition) is 1. The third kappa shape index (κ3) is 4.08. The van der Waals surface area contributed by atoms with Gasteiger partial charge in [-0.2, -0.15) is 0 Å². The zero-order valence-electron chi connectivity index (χ0n) is 19.5. The highest BCUT2D eigenvalue weighted by Crippen LogP contribution is 2.47. The first-order valence-corrected chi connectivity index (χ1v) is 11.1. The second kappa shape index (κ2) is 9.05. The number of aromatic nitrogens is 1. The molecule has 1 aliphatic heterocycles. The van der Waals surface area contributed by atoms with Gasteiger partial charge in [0.2, 0.25) is 0 Å². The second-order valence-electron chi connectivity index (χ2n) is 8.64. The maximum Gasteiger partial charge on any atom is 0.302 e. The molecular formula is C25H30N4O4. The molecule has 1 fully saturated rings. The number of aromatic hydroxyl groups is 1. The predicted octanol–water partition coefficient (Wildman–Crippen LogP) is 5.08. The van der Waals surface area contributed by atoms with E-state index in [0.29, 0.717) is 33.6 Å². The van der Waals surface area contributed by atoms with Gasteiger partial charge in [-0.05, 0) is 68.2 Å². The molecule has 2 heterocycles. The van der Waals surface area contributed by atoms with Crippen LogP contribution in [0.1, 0.15) is 30.5 Å². The summed E-state index contributed by atoms with van der Waals surface area (Å²) < 4.78 is 7.21. The van der Waals surface area contributed by atoms with Crippen LogP contribution in [0, 0.1) is 17.0 Å². The number of phenolic OH excluding ortho intramolecular Hbond substituents is 1. The van der Waals surface area contributed by atoms with Crippen molar-refractivity contribution in [1.29, 1.82) is 0 Å². The number of hydrogen-bond acceptors (Lipinski definition) is 6. The van der Waals surface area contributed by atoms with E-state index in [1.54, 1.807) is 25.5 Å². The van der Waals surface area contributed by atoms with E-state index in [0.717, 1.165) is 38.0 Å². The van der Waals surface area contributed by atoms with Crippen molar-refractivity contribution in [2.75, 3.05) is 39.2 Å². The molecular weight excluding hydrogens is 420 g/mol. The molecule has 0 aliphatic carbocycles. The molecule has 174 valence electrons. The van der Waals surface area contributed by atoms with Crippen LogP contribution in [0.5, 0.6) is 11.5 Å². The highest BCUT2D eigenvalue weighted by atomic mass is 16.6. The lowest BCUT2D eigenvalue weighted by Gasteiger charge is -2.30. The molecule has 0 unspecified atom stereocenters. The summed E-state index contributed by atoms with van der Waals surface area (Å²) >= 11 is 0. The Labute approximate surface area is 193 Å². The number of anilines is 1. The van der Waals surface area contributed by atoms with Gasteiger partial charge in [0.1, 0.15) is 22.9 Å². The number of ether oxygens (including phenoxy) is 1. The summed E-state index contributed by atoms with van der Waals surface area (Å²) in [5.74, 6) is 0.845. The zero-order chi connectivity index (χ0) is 23.7. The molecule has 0 spiro atoms. The summed E-state index contributed by atoms with van der Waals surface area (Å²) in [7, 11) is 5.35. The molecule has 33 heavy (non-hydrogen) atoms. The van der Waals surface area contributed by atoms with Crippen molar-refractivity contribution in [2.45, 2.75) is 26.2 Å².